The van der Waals surface area contributed by atoms with Crippen molar-refractivity contribution in [3.05, 3.63) is 53.6 Å². The van der Waals surface area contributed by atoms with E-state index < -0.39 is 5.91 Å². The quantitative estimate of drug-likeness (QED) is 0.670. The Morgan fingerprint density at radius 1 is 1.14 bits per heavy atom. The average molecular weight is 298 g/mol. The molecule has 6 nitrogen and oxygen atoms in total. The molecule has 0 spiro atoms. The zero-order valence-electron chi connectivity index (χ0n) is 11.7. The van der Waals surface area contributed by atoms with E-state index in [1.807, 2.05) is 18.2 Å². The van der Waals surface area contributed by atoms with Gasteiger partial charge in [0.15, 0.2) is 11.5 Å². The van der Waals surface area contributed by atoms with E-state index in [4.69, 9.17) is 9.47 Å². The predicted octanol–water partition coefficient (Wildman–Crippen LogP) is 1.93. The molecule has 22 heavy (non-hydrogen) atoms. The molecule has 1 amide bonds. The summed E-state index contributed by atoms with van der Waals surface area (Å²) in [6, 6.07) is 11.7. The highest BCUT2D eigenvalue weighted by molar-refractivity contribution is 5.97. The van der Waals surface area contributed by atoms with Crippen LogP contribution in [0.25, 0.3) is 0 Å². The number of aromatic hydroxyl groups is 1. The number of phenols is 1. The molecular weight excluding hydrogens is 284 g/mol. The third-order valence-corrected chi connectivity index (χ3v) is 3.12. The number of amides is 1. The molecule has 0 atom stereocenters. The number of carbonyl (C=O) groups is 1. The summed E-state index contributed by atoms with van der Waals surface area (Å²) in [5.41, 5.74) is 3.23. The van der Waals surface area contributed by atoms with Crippen molar-refractivity contribution in [1.82, 2.24) is 5.43 Å². The molecule has 0 aliphatic carbocycles. The number of carbonyl (C=O) groups excluding carboxylic acids is 1. The summed E-state index contributed by atoms with van der Waals surface area (Å²) in [6.07, 6.45) is 1.48. The number of rotatable bonds is 3. The Morgan fingerprint density at radius 2 is 1.95 bits per heavy atom. The van der Waals surface area contributed by atoms with Crippen LogP contribution in [0.15, 0.2) is 47.6 Å². The lowest BCUT2D eigenvalue weighted by Gasteiger charge is -2.19. The van der Waals surface area contributed by atoms with Crippen LogP contribution in [0.1, 0.15) is 15.9 Å². The minimum absolute atomic E-state index is 0.0935. The standard InChI is InChI=1S/C16H14N2O4/c19-13-6-2-1-5-12(13)16(20)18-17-10-11-4-3-7-14-15(11)22-9-8-21-14/h1-7,10,19H,8-9H2,(H,18,20)/b17-10+. The van der Waals surface area contributed by atoms with E-state index in [-0.39, 0.29) is 11.3 Å². The second-order valence-corrected chi connectivity index (χ2v) is 4.59. The Balaban J connectivity index is 1.73. The predicted molar refractivity (Wildman–Crippen MR) is 80.6 cm³/mol. The third-order valence-electron chi connectivity index (χ3n) is 3.12. The minimum atomic E-state index is -0.490. The van der Waals surface area contributed by atoms with Gasteiger partial charge in [-0.1, -0.05) is 18.2 Å². The maximum atomic E-state index is 11.9. The molecule has 0 fully saturated rings. The van der Waals surface area contributed by atoms with Crippen LogP contribution in [-0.4, -0.2) is 30.4 Å². The number of ether oxygens (including phenoxy) is 2. The molecule has 2 aromatic rings. The molecule has 0 saturated heterocycles. The lowest BCUT2D eigenvalue weighted by Crippen LogP contribution is -2.18. The van der Waals surface area contributed by atoms with Gasteiger partial charge in [0.1, 0.15) is 19.0 Å². The van der Waals surface area contributed by atoms with Crippen molar-refractivity contribution < 1.29 is 19.4 Å². The first-order valence-corrected chi connectivity index (χ1v) is 6.76. The molecule has 0 aromatic heterocycles. The summed E-state index contributed by atoms with van der Waals surface area (Å²) >= 11 is 0. The molecule has 1 aliphatic heterocycles. The van der Waals surface area contributed by atoms with Crippen LogP contribution in [0.3, 0.4) is 0 Å². The highest BCUT2D eigenvalue weighted by Crippen LogP contribution is 2.32. The van der Waals surface area contributed by atoms with Crippen LogP contribution in [0, 0.1) is 0 Å². The van der Waals surface area contributed by atoms with E-state index in [9.17, 15) is 9.90 Å². The van der Waals surface area contributed by atoms with Crippen LogP contribution in [0.2, 0.25) is 0 Å². The number of nitrogens with zero attached hydrogens (tertiary/aromatic N) is 1. The second kappa shape index (κ2) is 6.17. The van der Waals surface area contributed by atoms with Crippen LogP contribution in [0.5, 0.6) is 17.2 Å². The van der Waals surface area contributed by atoms with Gasteiger partial charge in [-0.2, -0.15) is 5.10 Å². The topological polar surface area (TPSA) is 80.2 Å². The molecule has 6 heteroatoms. The molecule has 3 rings (SSSR count). The number of hydrazone groups is 1. The number of para-hydroxylation sites is 2. The molecule has 0 bridgehead atoms. The van der Waals surface area contributed by atoms with Crippen molar-refractivity contribution in [3.63, 3.8) is 0 Å². The van der Waals surface area contributed by atoms with Gasteiger partial charge in [-0.3, -0.25) is 4.79 Å². The fourth-order valence-corrected chi connectivity index (χ4v) is 2.08. The zero-order valence-corrected chi connectivity index (χ0v) is 11.7. The summed E-state index contributed by atoms with van der Waals surface area (Å²) in [4.78, 5) is 11.9. The number of hydrogen-bond donors (Lipinski definition) is 2. The van der Waals surface area contributed by atoms with Crippen LogP contribution in [-0.2, 0) is 0 Å². The first kappa shape index (κ1) is 13.9. The summed E-state index contributed by atoms with van der Waals surface area (Å²) in [7, 11) is 0. The van der Waals surface area contributed by atoms with Gasteiger partial charge in [0.05, 0.1) is 11.8 Å². The summed E-state index contributed by atoms with van der Waals surface area (Å²) in [5, 5.41) is 13.5. The normalized spacial score (nSPS) is 13.1. The van der Waals surface area contributed by atoms with Crippen molar-refractivity contribution in [2.75, 3.05) is 13.2 Å². The van der Waals surface area contributed by atoms with Gasteiger partial charge in [-0.25, -0.2) is 5.43 Å². The van der Waals surface area contributed by atoms with E-state index in [0.29, 0.717) is 30.3 Å². The number of fused-ring (bicyclic) bond motifs is 1. The lowest BCUT2D eigenvalue weighted by molar-refractivity contribution is 0.0952. The van der Waals surface area contributed by atoms with Gasteiger partial charge >= 0.3 is 0 Å². The van der Waals surface area contributed by atoms with Crippen molar-refractivity contribution in [3.8, 4) is 17.2 Å². The lowest BCUT2D eigenvalue weighted by atomic mass is 10.2. The molecule has 2 aromatic carbocycles. The smallest absolute Gasteiger partial charge is 0.275 e. The number of phenolic OH excluding ortho intramolecular Hbond substituents is 1. The third kappa shape index (κ3) is 2.85. The van der Waals surface area contributed by atoms with Gasteiger partial charge in [0.25, 0.3) is 5.91 Å². The van der Waals surface area contributed by atoms with Crippen LogP contribution >= 0.6 is 0 Å². The number of benzene rings is 2. The maximum absolute atomic E-state index is 11.9. The Hall–Kier alpha value is -3.02. The summed E-state index contributed by atoms with van der Waals surface area (Å²) in [5.74, 6) is 0.678. The number of nitrogens with one attached hydrogen (secondary N) is 1. The van der Waals surface area contributed by atoms with E-state index >= 15 is 0 Å². The van der Waals surface area contributed by atoms with Crippen molar-refractivity contribution in [2.24, 2.45) is 5.10 Å². The summed E-state index contributed by atoms with van der Waals surface area (Å²) < 4.78 is 11.0. The Bertz CT molecular complexity index is 728. The average Bonchev–Trinajstić information content (AvgIpc) is 2.55. The minimum Gasteiger partial charge on any atom is -0.507 e. The molecule has 0 radical (unpaired) electrons. The van der Waals surface area contributed by atoms with E-state index in [2.05, 4.69) is 10.5 Å². The molecule has 0 unspecified atom stereocenters. The maximum Gasteiger partial charge on any atom is 0.275 e. The number of hydrogen-bond acceptors (Lipinski definition) is 5. The van der Waals surface area contributed by atoms with Gasteiger partial charge in [-0.05, 0) is 24.3 Å². The molecular formula is C16H14N2O4. The monoisotopic (exact) mass is 298 g/mol. The van der Waals surface area contributed by atoms with E-state index in [1.54, 1.807) is 12.1 Å². The Kier molecular flexibility index (Phi) is 3.91. The largest absolute Gasteiger partial charge is 0.507 e. The summed E-state index contributed by atoms with van der Waals surface area (Å²) in [6.45, 7) is 0.986. The molecule has 0 saturated carbocycles. The van der Waals surface area contributed by atoms with E-state index in [0.717, 1.165) is 0 Å². The molecule has 1 heterocycles. The van der Waals surface area contributed by atoms with Crippen molar-refractivity contribution in [2.45, 2.75) is 0 Å². The Morgan fingerprint density at radius 3 is 2.82 bits per heavy atom. The SMILES string of the molecule is O=C(N/N=C/c1cccc2c1OCCO2)c1ccccc1O. The first-order chi connectivity index (χ1) is 10.8. The fourth-order valence-electron chi connectivity index (χ4n) is 2.08. The van der Waals surface area contributed by atoms with Crippen molar-refractivity contribution >= 4 is 12.1 Å². The first-order valence-electron chi connectivity index (χ1n) is 6.76. The molecule has 2 N–H and O–H groups in total. The highest BCUT2D eigenvalue weighted by atomic mass is 16.6. The van der Waals surface area contributed by atoms with Gasteiger partial charge in [0, 0.05) is 5.56 Å². The van der Waals surface area contributed by atoms with Gasteiger partial charge in [-0.15, -0.1) is 0 Å². The van der Waals surface area contributed by atoms with Crippen LogP contribution < -0.4 is 14.9 Å². The molecule has 1 aliphatic rings. The molecule has 112 valence electrons. The highest BCUT2D eigenvalue weighted by Gasteiger charge is 2.14. The van der Waals surface area contributed by atoms with Crippen LogP contribution in [0.4, 0.5) is 0 Å². The van der Waals surface area contributed by atoms with E-state index in [1.165, 1.54) is 18.3 Å². The Labute approximate surface area is 127 Å². The van der Waals surface area contributed by atoms with Gasteiger partial charge in [0.2, 0.25) is 0 Å². The van der Waals surface area contributed by atoms with Gasteiger partial charge < -0.3 is 14.6 Å². The second-order valence-electron chi connectivity index (χ2n) is 4.59. The fraction of sp³-hybridized carbons (Fsp3) is 0.125. The zero-order chi connectivity index (χ0) is 15.4. The van der Waals surface area contributed by atoms with Crippen molar-refractivity contribution in [1.29, 1.82) is 0 Å².